The van der Waals surface area contributed by atoms with Crippen molar-refractivity contribution in [3.05, 3.63) is 81.7 Å². The molecule has 26 heavy (non-hydrogen) atoms. The summed E-state index contributed by atoms with van der Waals surface area (Å²) in [6.45, 7) is 0. The maximum atomic E-state index is 3.81. The molecule has 0 radical (unpaired) electrons. The molecule has 0 amide bonds. The Morgan fingerprint density at radius 3 is 1.00 bits per heavy atom. The molecule has 0 N–H and O–H groups in total. The van der Waals surface area contributed by atoms with Crippen molar-refractivity contribution in [1.82, 2.24) is 0 Å². The van der Waals surface area contributed by atoms with E-state index in [1.54, 1.807) is 0 Å². The van der Waals surface area contributed by atoms with Gasteiger partial charge >= 0.3 is 0 Å². The van der Waals surface area contributed by atoms with Gasteiger partial charge in [0.25, 0.3) is 0 Å². The third-order valence-electron chi connectivity index (χ3n) is 5.52. The molecule has 0 unspecified atom stereocenters. The van der Waals surface area contributed by atoms with Crippen LogP contribution in [0.5, 0.6) is 0 Å². The molecule has 2 heteroatoms. The lowest BCUT2D eigenvalue weighted by atomic mass is 9.77. The Bertz CT molecular complexity index is 1150. The van der Waals surface area contributed by atoms with E-state index in [9.17, 15) is 0 Å². The van der Waals surface area contributed by atoms with Gasteiger partial charge in [-0.25, -0.2) is 0 Å². The molecular weight excluding hydrogens is 448 g/mol. The molecule has 2 aliphatic carbocycles. The van der Waals surface area contributed by atoms with Crippen LogP contribution in [0.4, 0.5) is 0 Å². The minimum atomic E-state index is 1.14. The van der Waals surface area contributed by atoms with Crippen LogP contribution in [0.3, 0.4) is 0 Å². The fraction of sp³-hybridized carbons (Fsp3) is 0. The molecule has 0 heterocycles. The average molecular weight is 460 g/mol. The van der Waals surface area contributed by atoms with Crippen LogP contribution in [0.25, 0.3) is 55.6 Å². The first-order valence-corrected chi connectivity index (χ1v) is 10.2. The molecule has 0 nitrogen and oxygen atoms in total. The highest BCUT2D eigenvalue weighted by molar-refractivity contribution is 9.11. The number of fused-ring (bicyclic) bond motifs is 8. The summed E-state index contributed by atoms with van der Waals surface area (Å²) in [6.07, 6.45) is 0. The van der Waals surface area contributed by atoms with E-state index in [1.165, 1.54) is 55.6 Å². The summed E-state index contributed by atoms with van der Waals surface area (Å²) in [6, 6.07) is 26.4. The van der Waals surface area contributed by atoms with Crippen LogP contribution in [0.15, 0.2) is 81.7 Å². The van der Waals surface area contributed by atoms with Crippen LogP contribution in [0.1, 0.15) is 0 Å². The van der Waals surface area contributed by atoms with Crippen LogP contribution in [-0.4, -0.2) is 0 Å². The maximum Gasteiger partial charge on any atom is 0.0260 e. The van der Waals surface area contributed by atoms with Crippen molar-refractivity contribution in [2.75, 3.05) is 0 Å². The molecule has 4 aromatic carbocycles. The van der Waals surface area contributed by atoms with E-state index >= 15 is 0 Å². The van der Waals surface area contributed by atoms with Crippen LogP contribution in [0.2, 0.25) is 0 Å². The van der Waals surface area contributed by atoms with Gasteiger partial charge in [-0.1, -0.05) is 80.4 Å². The first-order chi connectivity index (χ1) is 12.7. The first-order valence-electron chi connectivity index (χ1n) is 8.59. The largest absolute Gasteiger partial charge is 0.0616 e. The van der Waals surface area contributed by atoms with Gasteiger partial charge in [0, 0.05) is 8.95 Å². The maximum absolute atomic E-state index is 3.81. The van der Waals surface area contributed by atoms with Gasteiger partial charge in [-0.15, -0.1) is 0 Å². The summed E-state index contributed by atoms with van der Waals surface area (Å²) in [5.74, 6) is 0. The summed E-state index contributed by atoms with van der Waals surface area (Å²) in [5, 5.41) is 0. The van der Waals surface area contributed by atoms with Gasteiger partial charge in [0.15, 0.2) is 0 Å². The van der Waals surface area contributed by atoms with Gasteiger partial charge in [0.2, 0.25) is 0 Å². The van der Waals surface area contributed by atoms with Crippen LogP contribution in [0, 0.1) is 0 Å². The smallest absolute Gasteiger partial charge is 0.0260 e. The lowest BCUT2D eigenvalue weighted by molar-refractivity contribution is 1.46. The lowest BCUT2D eigenvalue weighted by Gasteiger charge is -2.28. The van der Waals surface area contributed by atoms with Crippen molar-refractivity contribution in [1.29, 1.82) is 0 Å². The summed E-state index contributed by atoms with van der Waals surface area (Å²) in [4.78, 5) is 0. The summed E-state index contributed by atoms with van der Waals surface area (Å²) in [7, 11) is 0. The normalized spacial score (nSPS) is 12.2. The van der Waals surface area contributed by atoms with Crippen molar-refractivity contribution in [2.24, 2.45) is 0 Å². The Morgan fingerprint density at radius 1 is 0.346 bits per heavy atom. The van der Waals surface area contributed by atoms with E-state index in [0.29, 0.717) is 0 Å². The number of hydrogen-bond donors (Lipinski definition) is 0. The molecule has 0 fully saturated rings. The van der Waals surface area contributed by atoms with Crippen molar-refractivity contribution in [2.45, 2.75) is 0 Å². The van der Waals surface area contributed by atoms with E-state index in [4.69, 9.17) is 0 Å². The standard InChI is InChI=1S/C24H12Br2/c25-23-11-19-15-7-3-1-5-13(15)17(19)9-21(23)22-10-18-14-6-2-4-8-16(14)20(18)12-24(22)26/h1-12H. The quantitative estimate of drug-likeness (QED) is 0.232. The number of rotatable bonds is 1. The molecule has 0 saturated heterocycles. The second-order valence-corrected chi connectivity index (χ2v) is 8.56. The Kier molecular flexibility index (Phi) is 2.98. The second kappa shape index (κ2) is 5.18. The molecule has 0 saturated carbocycles. The molecular formula is C24H12Br2. The predicted molar refractivity (Wildman–Crippen MR) is 116 cm³/mol. The number of benzene rings is 4. The third-order valence-corrected chi connectivity index (χ3v) is 6.83. The van der Waals surface area contributed by atoms with Crippen molar-refractivity contribution in [3.8, 4) is 55.6 Å². The average Bonchev–Trinajstić information content (AvgIpc) is 2.66. The third kappa shape index (κ3) is 1.84. The zero-order valence-corrected chi connectivity index (χ0v) is 16.9. The molecule has 6 rings (SSSR count). The minimum Gasteiger partial charge on any atom is -0.0616 e. The first kappa shape index (κ1) is 15.0. The van der Waals surface area contributed by atoms with Crippen LogP contribution in [-0.2, 0) is 0 Å². The van der Waals surface area contributed by atoms with Crippen LogP contribution >= 0.6 is 31.9 Å². The van der Waals surface area contributed by atoms with E-state index in [0.717, 1.165) is 8.95 Å². The summed E-state index contributed by atoms with van der Waals surface area (Å²) >= 11 is 7.62. The molecule has 0 spiro atoms. The molecule has 0 bridgehead atoms. The Hall–Kier alpha value is -2.16. The van der Waals surface area contributed by atoms with E-state index in [-0.39, 0.29) is 0 Å². The summed E-state index contributed by atoms with van der Waals surface area (Å²) in [5.41, 5.74) is 13.2. The van der Waals surface area contributed by atoms with E-state index < -0.39 is 0 Å². The Labute approximate surface area is 168 Å². The number of halogens is 2. The van der Waals surface area contributed by atoms with Gasteiger partial charge in [-0.05, 0) is 79.9 Å². The fourth-order valence-corrected chi connectivity index (χ4v) is 5.35. The van der Waals surface area contributed by atoms with Crippen molar-refractivity contribution < 1.29 is 0 Å². The van der Waals surface area contributed by atoms with Gasteiger partial charge in [0.1, 0.15) is 0 Å². The molecule has 0 atom stereocenters. The zero-order chi connectivity index (χ0) is 17.4. The van der Waals surface area contributed by atoms with E-state index in [1.807, 2.05) is 0 Å². The highest BCUT2D eigenvalue weighted by Gasteiger charge is 2.27. The second-order valence-electron chi connectivity index (χ2n) is 6.85. The van der Waals surface area contributed by atoms with Gasteiger partial charge < -0.3 is 0 Å². The van der Waals surface area contributed by atoms with E-state index in [2.05, 4.69) is 105 Å². The molecule has 4 aromatic rings. The monoisotopic (exact) mass is 458 g/mol. The Morgan fingerprint density at radius 2 is 0.654 bits per heavy atom. The fourth-order valence-electron chi connectivity index (χ4n) is 4.23. The highest BCUT2D eigenvalue weighted by Crippen LogP contribution is 2.54. The Balaban J connectivity index is 1.54. The molecule has 0 aliphatic heterocycles. The van der Waals surface area contributed by atoms with Crippen molar-refractivity contribution >= 4 is 31.9 Å². The van der Waals surface area contributed by atoms with Gasteiger partial charge in [-0.2, -0.15) is 0 Å². The van der Waals surface area contributed by atoms with Crippen molar-refractivity contribution in [3.63, 3.8) is 0 Å². The van der Waals surface area contributed by atoms with Gasteiger partial charge in [0.05, 0.1) is 0 Å². The SMILES string of the molecule is Brc1cc2c(cc1-c1cc3c(cc1Br)-c1ccccc1-3)-c1ccccc1-2. The molecule has 0 aromatic heterocycles. The molecule has 122 valence electrons. The minimum absolute atomic E-state index is 1.14. The van der Waals surface area contributed by atoms with Crippen LogP contribution < -0.4 is 0 Å². The predicted octanol–water partition coefficient (Wildman–Crippen LogP) is 8.17. The highest BCUT2D eigenvalue weighted by atomic mass is 79.9. The topological polar surface area (TPSA) is 0 Å². The molecule has 2 aliphatic rings. The number of hydrogen-bond acceptors (Lipinski definition) is 0. The van der Waals surface area contributed by atoms with Gasteiger partial charge in [-0.3, -0.25) is 0 Å². The zero-order valence-electron chi connectivity index (χ0n) is 13.7. The summed E-state index contributed by atoms with van der Waals surface area (Å²) < 4.78 is 2.28. The lowest BCUT2D eigenvalue weighted by Crippen LogP contribution is -2.01.